The molecule has 184 valence electrons. The molecule has 1 aliphatic rings. The van der Waals surface area contributed by atoms with Gasteiger partial charge >= 0.3 is 0 Å². The minimum absolute atomic E-state index is 0.0475. The van der Waals surface area contributed by atoms with Crippen molar-refractivity contribution in [3.8, 4) is 11.5 Å². The number of nitrogens with zero attached hydrogens (tertiary/aromatic N) is 1. The van der Waals surface area contributed by atoms with Crippen LogP contribution < -0.4 is 14.9 Å². The van der Waals surface area contributed by atoms with E-state index in [2.05, 4.69) is 13.5 Å². The summed E-state index contributed by atoms with van der Waals surface area (Å²) < 4.78 is 17.5. The molecule has 0 fully saturated rings. The highest BCUT2D eigenvalue weighted by atomic mass is 35.5. The zero-order valence-electron chi connectivity index (χ0n) is 20.4. The molecule has 3 aromatic rings. The van der Waals surface area contributed by atoms with Gasteiger partial charge in [-0.2, -0.15) is 0 Å². The van der Waals surface area contributed by atoms with E-state index in [1.165, 1.54) is 6.42 Å². The number of hydrogen-bond donors (Lipinski definition) is 0. The van der Waals surface area contributed by atoms with Gasteiger partial charge in [-0.25, -0.2) is 0 Å². The number of benzene rings is 2. The van der Waals surface area contributed by atoms with Gasteiger partial charge in [0.15, 0.2) is 16.9 Å². The first-order chi connectivity index (χ1) is 16.9. The third-order valence-corrected chi connectivity index (χ3v) is 6.74. The Hall–Kier alpha value is -3.25. The van der Waals surface area contributed by atoms with E-state index in [9.17, 15) is 9.59 Å². The van der Waals surface area contributed by atoms with E-state index in [4.69, 9.17) is 25.5 Å². The minimum Gasteiger partial charge on any atom is -0.493 e. The second-order valence-electron chi connectivity index (χ2n) is 8.74. The standard InChI is InChI=1S/C28H30ClNO5/c1-5-7-8-9-13-34-21-11-10-18(15-23(21)33-4)25-24-26(31)19-16-20(29)17(3)14-22(19)35-27(24)28(32)30(25)12-6-2/h6,10-11,14-16,25H,2,5,7-9,12-13H2,1,3-4H3. The van der Waals surface area contributed by atoms with E-state index in [0.29, 0.717) is 39.7 Å². The van der Waals surface area contributed by atoms with Crippen LogP contribution in [0, 0.1) is 6.92 Å². The highest BCUT2D eigenvalue weighted by molar-refractivity contribution is 6.32. The van der Waals surface area contributed by atoms with Gasteiger partial charge in [0.2, 0.25) is 5.76 Å². The zero-order valence-corrected chi connectivity index (χ0v) is 21.1. The van der Waals surface area contributed by atoms with Gasteiger partial charge in [0.1, 0.15) is 5.58 Å². The minimum atomic E-state index is -0.649. The first kappa shape index (κ1) is 24.9. The van der Waals surface area contributed by atoms with Crippen molar-refractivity contribution in [2.45, 2.75) is 45.6 Å². The van der Waals surface area contributed by atoms with Crippen molar-refractivity contribution in [2.24, 2.45) is 0 Å². The number of unbranched alkanes of at least 4 members (excludes halogenated alkanes) is 3. The van der Waals surface area contributed by atoms with E-state index in [0.717, 1.165) is 30.4 Å². The summed E-state index contributed by atoms with van der Waals surface area (Å²) in [5, 5.41) is 0.812. The molecule has 0 aliphatic carbocycles. The van der Waals surface area contributed by atoms with Crippen LogP contribution in [0.15, 0.2) is 52.2 Å². The summed E-state index contributed by atoms with van der Waals surface area (Å²) in [7, 11) is 1.57. The fourth-order valence-corrected chi connectivity index (χ4v) is 4.66. The van der Waals surface area contributed by atoms with Crippen LogP contribution in [-0.4, -0.2) is 31.1 Å². The Morgan fingerprint density at radius 1 is 1.14 bits per heavy atom. The first-order valence-corrected chi connectivity index (χ1v) is 12.3. The molecule has 7 heteroatoms. The van der Waals surface area contributed by atoms with Gasteiger partial charge in [0.25, 0.3) is 5.91 Å². The summed E-state index contributed by atoms with van der Waals surface area (Å²) in [6, 6.07) is 8.14. The molecule has 1 unspecified atom stereocenters. The first-order valence-electron chi connectivity index (χ1n) is 11.9. The SMILES string of the molecule is C=CCN1C(=O)c2oc3cc(C)c(Cl)cc3c(=O)c2C1c1ccc(OCCCCCC)c(OC)c1. The molecule has 0 saturated carbocycles. The molecule has 1 amide bonds. The maximum absolute atomic E-state index is 13.6. The molecule has 2 aromatic carbocycles. The fraction of sp³-hybridized carbons (Fsp3) is 0.357. The van der Waals surface area contributed by atoms with E-state index < -0.39 is 6.04 Å². The predicted molar refractivity (Wildman–Crippen MR) is 138 cm³/mol. The van der Waals surface area contributed by atoms with Crippen molar-refractivity contribution in [1.29, 1.82) is 0 Å². The lowest BCUT2D eigenvalue weighted by Gasteiger charge is -2.24. The predicted octanol–water partition coefficient (Wildman–Crippen LogP) is 6.45. The van der Waals surface area contributed by atoms with Crippen LogP contribution in [0.1, 0.15) is 65.9 Å². The lowest BCUT2D eigenvalue weighted by Crippen LogP contribution is -2.29. The molecule has 0 N–H and O–H groups in total. The van der Waals surface area contributed by atoms with Gasteiger partial charge in [0, 0.05) is 11.6 Å². The molecule has 0 radical (unpaired) electrons. The van der Waals surface area contributed by atoms with Gasteiger partial charge in [-0.3, -0.25) is 9.59 Å². The van der Waals surface area contributed by atoms with Crippen molar-refractivity contribution < 1.29 is 18.7 Å². The Morgan fingerprint density at radius 3 is 2.66 bits per heavy atom. The molecule has 6 nitrogen and oxygen atoms in total. The quantitative estimate of drug-likeness (QED) is 0.238. The van der Waals surface area contributed by atoms with E-state index in [1.807, 2.05) is 25.1 Å². The number of hydrogen-bond acceptors (Lipinski definition) is 5. The molecule has 4 rings (SSSR count). The van der Waals surface area contributed by atoms with Crippen LogP contribution in [0.25, 0.3) is 11.0 Å². The third kappa shape index (κ3) is 4.67. The molecular formula is C28H30ClNO5. The Labute approximate surface area is 210 Å². The topological polar surface area (TPSA) is 69.0 Å². The highest BCUT2D eigenvalue weighted by Crippen LogP contribution is 2.41. The van der Waals surface area contributed by atoms with E-state index >= 15 is 0 Å². The summed E-state index contributed by atoms with van der Waals surface area (Å²) >= 11 is 6.30. The summed E-state index contributed by atoms with van der Waals surface area (Å²) in [6.07, 6.45) is 6.05. The van der Waals surface area contributed by atoms with Crippen LogP contribution >= 0.6 is 11.6 Å². The van der Waals surface area contributed by atoms with Crippen LogP contribution in [0.3, 0.4) is 0 Å². The van der Waals surface area contributed by atoms with Gasteiger partial charge in [-0.1, -0.05) is 49.9 Å². The van der Waals surface area contributed by atoms with Crippen molar-refractivity contribution in [2.75, 3.05) is 20.3 Å². The Morgan fingerprint density at radius 2 is 1.94 bits per heavy atom. The molecule has 35 heavy (non-hydrogen) atoms. The summed E-state index contributed by atoms with van der Waals surface area (Å²) in [6.45, 7) is 8.63. The number of rotatable bonds is 10. The monoisotopic (exact) mass is 495 g/mol. The highest BCUT2D eigenvalue weighted by Gasteiger charge is 2.42. The number of carbonyl (C=O) groups excluding carboxylic acids is 1. The van der Waals surface area contributed by atoms with Crippen molar-refractivity contribution in [3.05, 3.63) is 80.7 Å². The second-order valence-corrected chi connectivity index (χ2v) is 9.15. The van der Waals surface area contributed by atoms with Crippen LogP contribution in [0.4, 0.5) is 0 Å². The molecule has 0 bridgehead atoms. The van der Waals surface area contributed by atoms with Crippen LogP contribution in [-0.2, 0) is 0 Å². The lowest BCUT2D eigenvalue weighted by atomic mass is 9.97. The maximum Gasteiger partial charge on any atom is 0.291 e. The number of carbonyl (C=O) groups is 1. The Balaban J connectivity index is 1.78. The number of methoxy groups -OCH3 is 1. The van der Waals surface area contributed by atoms with Gasteiger partial charge in [-0.15, -0.1) is 6.58 Å². The largest absolute Gasteiger partial charge is 0.493 e. The van der Waals surface area contributed by atoms with Crippen molar-refractivity contribution >= 4 is 28.5 Å². The summed E-state index contributed by atoms with van der Waals surface area (Å²) in [5.74, 6) is 0.861. The van der Waals surface area contributed by atoms with Crippen molar-refractivity contribution in [1.82, 2.24) is 4.90 Å². The molecule has 2 heterocycles. The average Bonchev–Trinajstić information content (AvgIpc) is 3.12. The van der Waals surface area contributed by atoms with Crippen molar-refractivity contribution in [3.63, 3.8) is 0 Å². The molecule has 1 atom stereocenters. The Kier molecular flexibility index (Phi) is 7.51. The third-order valence-electron chi connectivity index (χ3n) is 6.33. The second kappa shape index (κ2) is 10.6. The number of halogens is 1. The Bertz CT molecular complexity index is 1330. The number of ether oxygens (including phenoxy) is 2. The summed E-state index contributed by atoms with van der Waals surface area (Å²) in [5.41, 5.74) is 1.84. The summed E-state index contributed by atoms with van der Waals surface area (Å²) in [4.78, 5) is 28.5. The van der Waals surface area contributed by atoms with Crippen LogP contribution in [0.5, 0.6) is 11.5 Å². The smallest absolute Gasteiger partial charge is 0.291 e. The van der Waals surface area contributed by atoms with Gasteiger partial charge in [0.05, 0.1) is 30.7 Å². The molecule has 1 aromatic heterocycles. The van der Waals surface area contributed by atoms with E-state index in [-0.39, 0.29) is 23.6 Å². The fourth-order valence-electron chi connectivity index (χ4n) is 4.50. The number of fused-ring (bicyclic) bond motifs is 2. The average molecular weight is 496 g/mol. The molecular weight excluding hydrogens is 466 g/mol. The lowest BCUT2D eigenvalue weighted by molar-refractivity contribution is 0.0748. The molecule has 0 saturated heterocycles. The van der Waals surface area contributed by atoms with Gasteiger partial charge in [-0.05, 0) is 48.7 Å². The van der Waals surface area contributed by atoms with E-state index in [1.54, 1.807) is 30.2 Å². The normalized spacial score (nSPS) is 14.9. The maximum atomic E-state index is 13.6. The zero-order chi connectivity index (χ0) is 25.1. The molecule has 1 aliphatic heterocycles. The number of amides is 1. The van der Waals surface area contributed by atoms with Gasteiger partial charge < -0.3 is 18.8 Å². The number of aryl methyl sites for hydroxylation is 1. The van der Waals surface area contributed by atoms with Crippen LogP contribution in [0.2, 0.25) is 5.02 Å². The molecule has 0 spiro atoms.